The van der Waals surface area contributed by atoms with Gasteiger partial charge in [-0.05, 0) is 23.3 Å². The first kappa shape index (κ1) is 15.0. The molecule has 4 heteroatoms. The minimum absolute atomic E-state index is 0.0993. The minimum Gasteiger partial charge on any atom is -0.395 e. The van der Waals surface area contributed by atoms with E-state index in [-0.39, 0.29) is 25.3 Å². The molecule has 106 valence electrons. The summed E-state index contributed by atoms with van der Waals surface area (Å²) in [5, 5.41) is 22.5. The molecule has 0 aromatic heterocycles. The number of aliphatic hydroxyl groups excluding tert-OH is 2. The van der Waals surface area contributed by atoms with Crippen molar-refractivity contribution in [3.63, 3.8) is 0 Å². The number of hydrogen-bond acceptors (Lipinski definition) is 3. The summed E-state index contributed by atoms with van der Waals surface area (Å²) < 4.78 is 0. The summed E-state index contributed by atoms with van der Waals surface area (Å²) in [7, 11) is 0. The monoisotopic (exact) mass is 291 g/mol. The lowest BCUT2D eigenvalue weighted by molar-refractivity contribution is 0.165. The van der Waals surface area contributed by atoms with Gasteiger partial charge in [0.05, 0.1) is 25.3 Å². The third-order valence-corrected chi connectivity index (χ3v) is 3.43. The van der Waals surface area contributed by atoms with Crippen LogP contribution < -0.4 is 5.32 Å². The molecule has 0 saturated carbocycles. The van der Waals surface area contributed by atoms with Gasteiger partial charge in [-0.1, -0.05) is 54.1 Å². The zero-order chi connectivity index (χ0) is 14.4. The van der Waals surface area contributed by atoms with Crippen molar-refractivity contribution in [3.05, 3.63) is 70.7 Å². The molecule has 0 bridgehead atoms. The molecule has 2 rings (SSSR count). The van der Waals surface area contributed by atoms with Crippen LogP contribution in [0, 0.1) is 0 Å². The Morgan fingerprint density at radius 3 is 1.95 bits per heavy atom. The highest BCUT2D eigenvalue weighted by Gasteiger charge is 2.17. The number of nitrogens with one attached hydrogen (secondary N) is 1. The van der Waals surface area contributed by atoms with E-state index in [1.165, 1.54) is 0 Å². The molecule has 0 amide bonds. The molecule has 0 radical (unpaired) electrons. The third-order valence-electron chi connectivity index (χ3n) is 3.18. The van der Waals surface area contributed by atoms with E-state index in [9.17, 15) is 10.2 Å². The van der Waals surface area contributed by atoms with Crippen molar-refractivity contribution in [3.8, 4) is 0 Å². The first-order valence-electron chi connectivity index (χ1n) is 6.52. The molecule has 0 saturated heterocycles. The quantitative estimate of drug-likeness (QED) is 0.766. The van der Waals surface area contributed by atoms with E-state index in [0.29, 0.717) is 5.02 Å². The molecule has 3 nitrogen and oxygen atoms in total. The maximum Gasteiger partial charge on any atom is 0.0607 e. The van der Waals surface area contributed by atoms with E-state index in [2.05, 4.69) is 5.32 Å². The van der Waals surface area contributed by atoms with Crippen molar-refractivity contribution in [1.29, 1.82) is 0 Å². The fourth-order valence-corrected chi connectivity index (χ4v) is 2.21. The summed E-state index contributed by atoms with van der Waals surface area (Å²) in [5.41, 5.74) is 2.11. The summed E-state index contributed by atoms with van der Waals surface area (Å²) in [6, 6.07) is 17.0. The Hall–Kier alpha value is -1.39. The summed E-state index contributed by atoms with van der Waals surface area (Å²) in [5.74, 6) is 0. The molecule has 1 atom stereocenters. The summed E-state index contributed by atoms with van der Waals surface area (Å²) in [6.07, 6.45) is 0. The van der Waals surface area contributed by atoms with Crippen LogP contribution in [0.2, 0.25) is 5.02 Å². The Bertz CT molecular complexity index is 512. The Morgan fingerprint density at radius 1 is 0.850 bits per heavy atom. The van der Waals surface area contributed by atoms with E-state index in [0.717, 1.165) is 11.1 Å². The molecule has 1 unspecified atom stereocenters. The third kappa shape index (κ3) is 3.81. The van der Waals surface area contributed by atoms with Gasteiger partial charge in [0.1, 0.15) is 0 Å². The molecule has 0 fully saturated rings. The number of aliphatic hydroxyl groups is 2. The minimum atomic E-state index is -0.365. The van der Waals surface area contributed by atoms with Gasteiger partial charge in [0.25, 0.3) is 0 Å². The molecule has 0 heterocycles. The van der Waals surface area contributed by atoms with Crippen LogP contribution in [0.25, 0.3) is 0 Å². The fourth-order valence-electron chi connectivity index (χ4n) is 2.08. The van der Waals surface area contributed by atoms with Crippen molar-refractivity contribution < 1.29 is 10.2 Å². The fraction of sp³-hybridized carbons (Fsp3) is 0.250. The number of hydrogen-bond donors (Lipinski definition) is 3. The number of halogens is 1. The molecular formula is C16H18ClNO2. The molecule has 2 aromatic rings. The molecule has 0 spiro atoms. The highest BCUT2D eigenvalue weighted by atomic mass is 35.5. The second kappa shape index (κ2) is 7.41. The van der Waals surface area contributed by atoms with E-state index in [4.69, 9.17) is 11.6 Å². The second-order valence-electron chi connectivity index (χ2n) is 4.62. The zero-order valence-corrected chi connectivity index (χ0v) is 11.8. The van der Waals surface area contributed by atoms with Gasteiger partial charge in [-0.2, -0.15) is 0 Å². The smallest absolute Gasteiger partial charge is 0.0607 e. The highest BCUT2D eigenvalue weighted by Crippen LogP contribution is 2.24. The first-order chi connectivity index (χ1) is 9.74. The van der Waals surface area contributed by atoms with Crippen LogP contribution in [0.3, 0.4) is 0 Å². The molecule has 0 aliphatic rings. The lowest BCUT2D eigenvalue weighted by Gasteiger charge is -2.24. The SMILES string of the molecule is OCC(CO)NC(c1ccccc1)c1ccc(Cl)cc1. The van der Waals surface area contributed by atoms with Gasteiger partial charge in [0.2, 0.25) is 0 Å². The van der Waals surface area contributed by atoms with E-state index >= 15 is 0 Å². The standard InChI is InChI=1S/C16H18ClNO2/c17-14-8-6-13(7-9-14)16(18-15(10-19)11-20)12-4-2-1-3-5-12/h1-9,15-16,18-20H,10-11H2. The topological polar surface area (TPSA) is 52.5 Å². The van der Waals surface area contributed by atoms with Crippen LogP contribution in [0.4, 0.5) is 0 Å². The van der Waals surface area contributed by atoms with E-state index < -0.39 is 0 Å². The van der Waals surface area contributed by atoms with Crippen LogP contribution in [0.1, 0.15) is 17.2 Å². The Balaban J connectivity index is 2.31. The predicted molar refractivity (Wildman–Crippen MR) is 80.8 cm³/mol. The van der Waals surface area contributed by atoms with Crippen molar-refractivity contribution in [2.75, 3.05) is 13.2 Å². The lowest BCUT2D eigenvalue weighted by Crippen LogP contribution is -2.38. The van der Waals surface area contributed by atoms with Gasteiger partial charge in [0.15, 0.2) is 0 Å². The van der Waals surface area contributed by atoms with Gasteiger partial charge >= 0.3 is 0 Å². The Morgan fingerprint density at radius 2 is 1.40 bits per heavy atom. The average molecular weight is 292 g/mol. The van der Waals surface area contributed by atoms with Crippen molar-refractivity contribution >= 4 is 11.6 Å². The maximum absolute atomic E-state index is 9.27. The molecule has 0 aliphatic carbocycles. The average Bonchev–Trinajstić information content (AvgIpc) is 2.51. The van der Waals surface area contributed by atoms with Crippen molar-refractivity contribution in [1.82, 2.24) is 5.32 Å². The van der Waals surface area contributed by atoms with Crippen molar-refractivity contribution in [2.24, 2.45) is 0 Å². The van der Waals surface area contributed by atoms with Crippen LogP contribution in [-0.4, -0.2) is 29.5 Å². The van der Waals surface area contributed by atoms with Crippen LogP contribution in [0.15, 0.2) is 54.6 Å². The summed E-state index contributed by atoms with van der Waals surface area (Å²) >= 11 is 5.92. The normalized spacial score (nSPS) is 12.6. The van der Waals surface area contributed by atoms with Crippen LogP contribution in [-0.2, 0) is 0 Å². The van der Waals surface area contributed by atoms with Gasteiger partial charge in [0, 0.05) is 5.02 Å². The van der Waals surface area contributed by atoms with E-state index in [1.54, 1.807) is 0 Å². The highest BCUT2D eigenvalue weighted by molar-refractivity contribution is 6.30. The van der Waals surface area contributed by atoms with Gasteiger partial charge in [-0.25, -0.2) is 0 Å². The predicted octanol–water partition coefficient (Wildman–Crippen LogP) is 2.37. The molecule has 3 N–H and O–H groups in total. The number of rotatable bonds is 6. The first-order valence-corrected chi connectivity index (χ1v) is 6.90. The molecule has 2 aromatic carbocycles. The van der Waals surface area contributed by atoms with Crippen LogP contribution >= 0.6 is 11.6 Å². The maximum atomic E-state index is 9.27. The van der Waals surface area contributed by atoms with Gasteiger partial charge in [-0.3, -0.25) is 5.32 Å². The Labute approximate surface area is 123 Å². The van der Waals surface area contributed by atoms with Crippen LogP contribution in [0.5, 0.6) is 0 Å². The summed E-state index contributed by atoms with van der Waals surface area (Å²) in [4.78, 5) is 0. The largest absolute Gasteiger partial charge is 0.395 e. The van der Waals surface area contributed by atoms with Gasteiger partial charge in [-0.15, -0.1) is 0 Å². The Kier molecular flexibility index (Phi) is 5.56. The lowest BCUT2D eigenvalue weighted by atomic mass is 9.98. The second-order valence-corrected chi connectivity index (χ2v) is 5.06. The van der Waals surface area contributed by atoms with Gasteiger partial charge < -0.3 is 10.2 Å². The summed E-state index contributed by atoms with van der Waals surface area (Å²) in [6.45, 7) is -0.235. The zero-order valence-electron chi connectivity index (χ0n) is 11.0. The molecule has 0 aliphatic heterocycles. The van der Waals surface area contributed by atoms with Crippen molar-refractivity contribution in [2.45, 2.75) is 12.1 Å². The molecular weight excluding hydrogens is 274 g/mol. The molecule has 20 heavy (non-hydrogen) atoms. The van der Waals surface area contributed by atoms with E-state index in [1.807, 2.05) is 54.6 Å². The number of benzene rings is 2.